The predicted molar refractivity (Wildman–Crippen MR) is 257 cm³/mol. The molecule has 0 unspecified atom stereocenters. The van der Waals surface area contributed by atoms with Gasteiger partial charge in [0, 0.05) is 154 Å². The van der Waals surface area contributed by atoms with Gasteiger partial charge in [0.25, 0.3) is 0 Å². The molecule has 0 saturated carbocycles. The average Bonchev–Trinajstić information content (AvgIpc) is 3.27. The molecule has 5 aromatic heterocycles. The lowest BCUT2D eigenvalue weighted by molar-refractivity contribution is 0.796. The number of hydrogen-bond donors (Lipinski definition) is 0. The second kappa shape index (κ2) is 18.1. The van der Waals surface area contributed by atoms with Crippen molar-refractivity contribution in [3.8, 4) is 28.4 Å². The molecule has 0 aliphatic rings. The summed E-state index contributed by atoms with van der Waals surface area (Å²) in [7, 11) is 24.8. The van der Waals surface area contributed by atoms with Gasteiger partial charge in [-0.15, -0.1) is 0 Å². The Hall–Kier alpha value is -7.34. The summed E-state index contributed by atoms with van der Waals surface area (Å²) in [5.41, 5.74) is 7.64. The highest BCUT2D eigenvalue weighted by molar-refractivity contribution is 5.99. The summed E-state index contributed by atoms with van der Waals surface area (Å²) in [6, 6.07) is 30.0. The highest BCUT2D eigenvalue weighted by atomic mass is 15.1. The maximum atomic E-state index is 5.29. The molecule has 0 N–H and O–H groups in total. The minimum atomic E-state index is 0.847. The Labute approximate surface area is 364 Å². The Balaban J connectivity index is 1.79. The van der Waals surface area contributed by atoms with Gasteiger partial charge in [-0.3, -0.25) is 4.99 Å². The number of aliphatic imine (C=N–C) groups is 1. The number of benzene rings is 2. The molecule has 5 heterocycles. The lowest BCUT2D eigenvalue weighted by Crippen LogP contribution is -2.26. The van der Waals surface area contributed by atoms with Crippen LogP contribution in [-0.2, 0) is 0 Å². The average molecular weight is 830 g/mol. The normalized spacial score (nSPS) is 11.2. The van der Waals surface area contributed by atoms with E-state index in [0.29, 0.717) is 0 Å². The van der Waals surface area contributed by atoms with Gasteiger partial charge in [0.1, 0.15) is 70.5 Å². The first kappa shape index (κ1) is 42.8. The standard InChI is InChI=1S/C50H61N12/c1-52(2)39-15-13-38(14-16-39)51-37-45-46(58-27-17-40(18-28-58)53(3)4)48(60-31-21-42(22-32-60)55(7)8)50(62-35-25-44(26-36-62)57(11)12)49(61-33-23-43(24-34-61)56(9)10)47(45)59-29-19-41(20-30-59)54(5)6/h13-37H,1-12H3/q+5. The first-order chi connectivity index (χ1) is 29.7. The zero-order chi connectivity index (χ0) is 44.2. The molecule has 0 radical (unpaired) electrons. The lowest BCUT2D eigenvalue weighted by atomic mass is 10.0. The van der Waals surface area contributed by atoms with Crippen LogP contribution in [0.2, 0.25) is 0 Å². The Morgan fingerprint density at radius 3 is 0.839 bits per heavy atom. The minimum Gasteiger partial charge on any atom is -0.378 e. The fourth-order valence-electron chi connectivity index (χ4n) is 7.39. The molecule has 0 bridgehead atoms. The smallest absolute Gasteiger partial charge is 0.202 e. The third kappa shape index (κ3) is 8.90. The quantitative estimate of drug-likeness (QED) is 0.172. The highest BCUT2D eigenvalue weighted by Gasteiger charge is 2.28. The van der Waals surface area contributed by atoms with Crippen molar-refractivity contribution in [2.75, 3.05) is 89.5 Å². The van der Waals surface area contributed by atoms with Crippen LogP contribution in [0.25, 0.3) is 28.4 Å². The predicted octanol–water partition coefficient (Wildman–Crippen LogP) is 2.62. The van der Waals surface area contributed by atoms with E-state index in [1.165, 1.54) is 0 Å². The van der Waals surface area contributed by atoms with Crippen molar-refractivity contribution >= 4 is 17.6 Å². The Morgan fingerprint density at radius 1 is 0.355 bits per heavy atom. The molecule has 0 aliphatic carbocycles. The van der Waals surface area contributed by atoms with E-state index in [0.717, 1.165) is 72.2 Å². The van der Waals surface area contributed by atoms with E-state index in [9.17, 15) is 0 Å². The summed E-state index contributed by atoms with van der Waals surface area (Å²) in [6.07, 6.45) is 23.6. The maximum absolute atomic E-state index is 5.29. The van der Waals surface area contributed by atoms with Gasteiger partial charge in [-0.1, -0.05) is 0 Å². The van der Waals surface area contributed by atoms with Gasteiger partial charge < -0.3 is 27.7 Å². The number of rotatable bonds is 8. The summed E-state index contributed by atoms with van der Waals surface area (Å²) in [4.78, 5) is 7.39. The van der Waals surface area contributed by atoms with Gasteiger partial charge in [-0.25, -0.2) is 22.9 Å². The molecule has 12 heteroatoms. The molecule has 0 atom stereocenters. The Bertz CT molecular complexity index is 2940. The van der Waals surface area contributed by atoms with Crippen LogP contribution >= 0.6 is 0 Å². The van der Waals surface area contributed by atoms with Crippen molar-refractivity contribution in [2.45, 2.75) is 0 Å². The summed E-state index contributed by atoms with van der Waals surface area (Å²) in [6.45, 7) is 0. The molecule has 316 valence electrons. The molecule has 2 aromatic carbocycles. The van der Waals surface area contributed by atoms with Gasteiger partial charge in [-0.2, -0.15) is 0 Å². The van der Waals surface area contributed by atoms with E-state index in [-0.39, 0.29) is 0 Å². The van der Waals surface area contributed by atoms with Crippen LogP contribution in [0.5, 0.6) is 0 Å². The second-order valence-electron chi connectivity index (χ2n) is 16.6. The lowest BCUT2D eigenvalue weighted by Gasteiger charge is -2.29. The van der Waals surface area contributed by atoms with Crippen molar-refractivity contribution in [1.29, 1.82) is 0 Å². The zero-order valence-electron chi connectivity index (χ0n) is 38.3. The molecular weight excluding hydrogens is 769 g/mol. The number of hydrogen-bond acceptors (Lipinski definition) is 2. The number of nitrogens with zero attached hydrogens (tertiary/aromatic N) is 12. The van der Waals surface area contributed by atoms with Crippen LogP contribution in [0.15, 0.2) is 152 Å². The van der Waals surface area contributed by atoms with Gasteiger partial charge in [0.15, 0.2) is 0 Å². The molecule has 0 amide bonds. The molecule has 12 nitrogen and oxygen atoms in total. The van der Waals surface area contributed by atoms with Crippen LogP contribution < -0.4 is 54.6 Å². The van der Waals surface area contributed by atoms with E-state index in [1.54, 1.807) is 0 Å². The van der Waals surface area contributed by atoms with Gasteiger partial charge in [0.05, 0.1) is 34.1 Å². The number of aromatic nitrogens is 5. The largest absolute Gasteiger partial charge is 0.378 e. The molecule has 0 fully saturated rings. The highest BCUT2D eigenvalue weighted by Crippen LogP contribution is 2.40. The van der Waals surface area contributed by atoms with E-state index in [2.05, 4.69) is 282 Å². The van der Waals surface area contributed by atoms with Crippen LogP contribution in [0.4, 0.5) is 11.4 Å². The Morgan fingerprint density at radius 2 is 0.597 bits per heavy atom. The summed E-state index contributed by atoms with van der Waals surface area (Å²) >= 11 is 0. The van der Waals surface area contributed by atoms with Crippen molar-refractivity contribution in [2.24, 2.45) is 4.99 Å². The minimum absolute atomic E-state index is 0.847. The number of anilines is 1. The van der Waals surface area contributed by atoms with E-state index >= 15 is 0 Å². The van der Waals surface area contributed by atoms with Crippen molar-refractivity contribution in [1.82, 2.24) is 45.7 Å². The van der Waals surface area contributed by atoms with Gasteiger partial charge in [0.2, 0.25) is 26.8 Å². The summed E-state index contributed by atoms with van der Waals surface area (Å²) < 4.78 is 21.8. The zero-order valence-corrected chi connectivity index (χ0v) is 38.3. The van der Waals surface area contributed by atoms with E-state index < -0.39 is 0 Å². The molecule has 7 rings (SSSR count). The topological polar surface area (TPSA) is 55.3 Å². The monoisotopic (exact) mass is 830 g/mol. The molecule has 62 heavy (non-hydrogen) atoms. The maximum Gasteiger partial charge on any atom is 0.202 e. The van der Waals surface area contributed by atoms with Crippen molar-refractivity contribution in [3.05, 3.63) is 179 Å². The van der Waals surface area contributed by atoms with Gasteiger partial charge >= 0.3 is 0 Å². The van der Waals surface area contributed by atoms with Crippen LogP contribution in [-0.4, -0.2) is 114 Å². The SMILES string of the molecule is CN(C)c1ccc(N=Cc2c(-n3ccc(=[N+](C)C)cc3)c(-n3ccc(=[N+](C)C)cc3)c(-n3ccc(=[N+](C)C)cc3)c(-n3ccc(=[N+](C)C)cc3)c2-n2ccc(=[N+](C)C)cc2)cc1. The third-order valence-corrected chi connectivity index (χ3v) is 11.0. The van der Waals surface area contributed by atoms with Crippen LogP contribution in [0.1, 0.15) is 5.56 Å². The van der Waals surface area contributed by atoms with Crippen LogP contribution in [0.3, 0.4) is 0 Å². The first-order valence-corrected chi connectivity index (χ1v) is 20.7. The second-order valence-corrected chi connectivity index (χ2v) is 16.6. The Kier molecular flexibility index (Phi) is 12.5. The molecule has 0 aliphatic heterocycles. The fourth-order valence-corrected chi connectivity index (χ4v) is 7.39. The summed E-state index contributed by atoms with van der Waals surface area (Å²) in [5, 5.41) is 5.48. The van der Waals surface area contributed by atoms with Crippen LogP contribution in [0, 0.1) is 0 Å². The van der Waals surface area contributed by atoms with E-state index in [4.69, 9.17) is 4.99 Å². The summed E-state index contributed by atoms with van der Waals surface area (Å²) in [5.74, 6) is 0. The van der Waals surface area contributed by atoms with Crippen molar-refractivity contribution < 1.29 is 0 Å². The molecule has 0 saturated heterocycles. The number of pyridine rings is 5. The van der Waals surface area contributed by atoms with E-state index in [1.807, 2.05) is 6.21 Å². The first-order valence-electron chi connectivity index (χ1n) is 20.7. The fraction of sp³-hybridized carbons (Fsp3) is 0.240. The molecular formula is C50H61N12+5. The van der Waals surface area contributed by atoms with Gasteiger partial charge in [-0.05, 0) is 24.3 Å². The molecule has 0 spiro atoms. The molecule has 7 aromatic rings. The third-order valence-electron chi connectivity index (χ3n) is 11.0. The van der Waals surface area contributed by atoms with Crippen molar-refractivity contribution in [3.63, 3.8) is 0 Å².